The number of hydrogen-bond donors (Lipinski definition) is 2. The molecule has 0 aliphatic rings. The number of aryl methyl sites for hydroxylation is 2. The van der Waals surface area contributed by atoms with Gasteiger partial charge in [0.05, 0.1) is 19.3 Å². The first-order valence-electron chi connectivity index (χ1n) is 8.93. The summed E-state index contributed by atoms with van der Waals surface area (Å²) in [6.07, 6.45) is 6.02. The van der Waals surface area contributed by atoms with Crippen LogP contribution in [0.1, 0.15) is 31.4 Å². The van der Waals surface area contributed by atoms with E-state index in [-0.39, 0.29) is 24.0 Å². The zero-order chi connectivity index (χ0) is 17.9. The molecule has 1 heterocycles. The summed E-state index contributed by atoms with van der Waals surface area (Å²) in [6, 6.07) is 8.05. The molecule has 2 N–H and O–H groups in total. The maximum Gasteiger partial charge on any atom is 0.191 e. The first kappa shape index (κ1) is 22.3. The fourth-order valence-electron chi connectivity index (χ4n) is 2.54. The maximum atomic E-state index is 5.66. The lowest BCUT2D eigenvalue weighted by Gasteiger charge is -2.12. The Kier molecular flexibility index (Phi) is 10.8. The number of benzene rings is 1. The van der Waals surface area contributed by atoms with Crippen LogP contribution in [0.4, 0.5) is 0 Å². The molecule has 0 atom stereocenters. The van der Waals surface area contributed by atoms with Crippen LogP contribution < -0.4 is 15.4 Å². The second-order valence-corrected chi connectivity index (χ2v) is 5.79. The topological polar surface area (TPSA) is 63.5 Å². The Morgan fingerprint density at radius 3 is 2.73 bits per heavy atom. The number of ether oxygens (including phenoxy) is 1. The monoisotopic (exact) mass is 471 g/mol. The Labute approximate surface area is 173 Å². The first-order chi connectivity index (χ1) is 12.2. The summed E-state index contributed by atoms with van der Waals surface area (Å²) in [7, 11) is 1.94. The Morgan fingerprint density at radius 1 is 1.23 bits per heavy atom. The second kappa shape index (κ2) is 12.6. The van der Waals surface area contributed by atoms with Crippen molar-refractivity contribution in [3.63, 3.8) is 0 Å². The van der Waals surface area contributed by atoms with E-state index in [1.165, 1.54) is 5.56 Å². The van der Waals surface area contributed by atoms with Gasteiger partial charge in [-0.3, -0.25) is 4.68 Å². The highest BCUT2D eigenvalue weighted by Gasteiger charge is 2.03. The molecule has 0 saturated carbocycles. The standard InChI is InChI=1S/C19H29N5O.HI/c1-4-20-19(21-12-8-9-16-13-23-24(3)15-16)22-14-17-10-6-7-11-18(17)25-5-2;/h6-7,10-11,13,15H,4-5,8-9,12,14H2,1-3H3,(H2,20,21,22);1H. The number of aliphatic imine (C=N–C) groups is 1. The molecule has 0 saturated heterocycles. The predicted molar refractivity (Wildman–Crippen MR) is 117 cm³/mol. The van der Waals surface area contributed by atoms with E-state index >= 15 is 0 Å². The van der Waals surface area contributed by atoms with Crippen molar-refractivity contribution >= 4 is 29.9 Å². The number of aromatic nitrogens is 2. The van der Waals surface area contributed by atoms with Gasteiger partial charge in [0, 0.05) is 31.9 Å². The lowest BCUT2D eigenvalue weighted by atomic mass is 10.2. The van der Waals surface area contributed by atoms with Crippen molar-refractivity contribution in [1.29, 1.82) is 0 Å². The number of hydrogen-bond acceptors (Lipinski definition) is 3. The SMILES string of the molecule is CCNC(=NCc1ccccc1OCC)NCCCc1cnn(C)c1.I. The van der Waals surface area contributed by atoms with Gasteiger partial charge < -0.3 is 15.4 Å². The predicted octanol–water partition coefficient (Wildman–Crippen LogP) is 3.12. The van der Waals surface area contributed by atoms with Crippen molar-refractivity contribution in [2.24, 2.45) is 12.0 Å². The molecule has 2 rings (SSSR count). The fraction of sp³-hybridized carbons (Fsp3) is 0.474. The Hall–Kier alpha value is -1.77. The van der Waals surface area contributed by atoms with Crippen molar-refractivity contribution in [1.82, 2.24) is 20.4 Å². The number of rotatable bonds is 9. The summed E-state index contributed by atoms with van der Waals surface area (Å²) in [6.45, 7) is 7.02. The van der Waals surface area contributed by atoms with Gasteiger partial charge in [-0.25, -0.2) is 4.99 Å². The molecule has 1 aromatic carbocycles. The van der Waals surface area contributed by atoms with Gasteiger partial charge >= 0.3 is 0 Å². The Balaban J connectivity index is 0.00000338. The van der Waals surface area contributed by atoms with Gasteiger partial charge in [-0.2, -0.15) is 5.10 Å². The maximum absolute atomic E-state index is 5.66. The smallest absolute Gasteiger partial charge is 0.191 e. The molecule has 2 aromatic rings. The van der Waals surface area contributed by atoms with Crippen LogP contribution in [0.2, 0.25) is 0 Å². The average Bonchev–Trinajstić information content (AvgIpc) is 3.03. The van der Waals surface area contributed by atoms with E-state index < -0.39 is 0 Å². The second-order valence-electron chi connectivity index (χ2n) is 5.79. The third-order valence-electron chi connectivity index (χ3n) is 3.72. The van der Waals surface area contributed by atoms with Gasteiger partial charge in [-0.1, -0.05) is 18.2 Å². The van der Waals surface area contributed by atoms with Gasteiger partial charge in [0.15, 0.2) is 5.96 Å². The molecule has 0 bridgehead atoms. The molecule has 0 aliphatic carbocycles. The van der Waals surface area contributed by atoms with E-state index in [1.54, 1.807) is 0 Å². The van der Waals surface area contributed by atoms with E-state index in [2.05, 4.69) is 39.9 Å². The fourth-order valence-corrected chi connectivity index (χ4v) is 2.54. The summed E-state index contributed by atoms with van der Waals surface area (Å²) in [4.78, 5) is 4.67. The molecule has 7 heteroatoms. The average molecular weight is 471 g/mol. The van der Waals surface area contributed by atoms with E-state index in [4.69, 9.17) is 4.74 Å². The van der Waals surface area contributed by atoms with Crippen LogP contribution >= 0.6 is 24.0 Å². The van der Waals surface area contributed by atoms with Crippen molar-refractivity contribution < 1.29 is 4.74 Å². The summed E-state index contributed by atoms with van der Waals surface area (Å²) >= 11 is 0. The third-order valence-corrected chi connectivity index (χ3v) is 3.72. The number of guanidine groups is 1. The summed E-state index contributed by atoms with van der Waals surface area (Å²) in [5.41, 5.74) is 2.36. The zero-order valence-corrected chi connectivity index (χ0v) is 18.2. The highest BCUT2D eigenvalue weighted by molar-refractivity contribution is 14.0. The van der Waals surface area contributed by atoms with Crippen molar-refractivity contribution in [3.05, 3.63) is 47.8 Å². The van der Waals surface area contributed by atoms with Crippen molar-refractivity contribution in [3.8, 4) is 5.75 Å². The minimum absolute atomic E-state index is 0. The number of para-hydroxylation sites is 1. The van der Waals surface area contributed by atoms with E-state index in [0.717, 1.165) is 43.2 Å². The van der Waals surface area contributed by atoms with Gasteiger partial charge in [-0.05, 0) is 38.3 Å². The van der Waals surface area contributed by atoms with Crippen LogP contribution in [0.5, 0.6) is 5.75 Å². The van der Waals surface area contributed by atoms with Crippen LogP contribution in [-0.4, -0.2) is 35.4 Å². The first-order valence-corrected chi connectivity index (χ1v) is 8.93. The molecule has 26 heavy (non-hydrogen) atoms. The van der Waals surface area contributed by atoms with E-state index in [0.29, 0.717) is 13.2 Å². The van der Waals surface area contributed by atoms with Gasteiger partial charge in [0.25, 0.3) is 0 Å². The summed E-state index contributed by atoms with van der Waals surface area (Å²) in [5.74, 6) is 1.74. The highest BCUT2D eigenvalue weighted by atomic mass is 127. The Morgan fingerprint density at radius 2 is 2.04 bits per heavy atom. The third kappa shape index (κ3) is 7.63. The molecule has 0 aliphatic heterocycles. The molecule has 0 radical (unpaired) electrons. The Bertz CT molecular complexity index is 671. The lowest BCUT2D eigenvalue weighted by molar-refractivity contribution is 0.336. The number of nitrogens with zero attached hydrogens (tertiary/aromatic N) is 3. The minimum Gasteiger partial charge on any atom is -0.494 e. The summed E-state index contributed by atoms with van der Waals surface area (Å²) in [5, 5.41) is 10.9. The number of nitrogens with one attached hydrogen (secondary N) is 2. The molecular formula is C19H30IN5O. The largest absolute Gasteiger partial charge is 0.494 e. The summed E-state index contributed by atoms with van der Waals surface area (Å²) < 4.78 is 7.50. The molecule has 0 unspecified atom stereocenters. The molecule has 0 fully saturated rings. The van der Waals surface area contributed by atoms with Crippen LogP contribution in [0.25, 0.3) is 0 Å². The van der Waals surface area contributed by atoms with Crippen molar-refractivity contribution in [2.45, 2.75) is 33.2 Å². The van der Waals surface area contributed by atoms with Gasteiger partial charge in [0.1, 0.15) is 5.75 Å². The van der Waals surface area contributed by atoms with Crippen molar-refractivity contribution in [2.75, 3.05) is 19.7 Å². The zero-order valence-electron chi connectivity index (χ0n) is 15.9. The quantitative estimate of drug-likeness (QED) is 0.255. The molecule has 1 aromatic heterocycles. The molecule has 144 valence electrons. The number of halogens is 1. The van der Waals surface area contributed by atoms with E-state index in [1.807, 2.05) is 43.0 Å². The van der Waals surface area contributed by atoms with E-state index in [9.17, 15) is 0 Å². The normalized spacial score (nSPS) is 11.0. The molecule has 0 spiro atoms. The van der Waals surface area contributed by atoms with Crippen LogP contribution in [0.3, 0.4) is 0 Å². The van der Waals surface area contributed by atoms with Gasteiger partial charge in [0.2, 0.25) is 0 Å². The lowest BCUT2D eigenvalue weighted by Crippen LogP contribution is -2.37. The van der Waals surface area contributed by atoms with Crippen LogP contribution in [-0.2, 0) is 20.0 Å². The van der Waals surface area contributed by atoms with Gasteiger partial charge in [-0.15, -0.1) is 24.0 Å². The molecular weight excluding hydrogens is 441 g/mol. The highest BCUT2D eigenvalue weighted by Crippen LogP contribution is 2.18. The minimum atomic E-state index is 0. The van der Waals surface area contributed by atoms with Crippen LogP contribution in [0, 0.1) is 0 Å². The molecule has 6 nitrogen and oxygen atoms in total. The molecule has 0 amide bonds. The van der Waals surface area contributed by atoms with Crippen LogP contribution in [0.15, 0.2) is 41.7 Å².